The quantitative estimate of drug-likeness (QED) is 0.360. The normalized spacial score (nSPS) is 29.8. The summed E-state index contributed by atoms with van der Waals surface area (Å²) in [6, 6.07) is 0. The molecule has 0 amide bonds. The fraction of sp³-hybridized carbons (Fsp3) is 0.636. The Kier molecular flexibility index (Phi) is 4.92. The third kappa shape index (κ3) is 2.79. The maximum absolute atomic E-state index is 10.0. The Labute approximate surface area is 123 Å². The van der Waals surface area contributed by atoms with Gasteiger partial charge in [0.25, 0.3) is 0 Å². The van der Waals surface area contributed by atoms with Crippen LogP contribution in [0.3, 0.4) is 0 Å². The van der Waals surface area contributed by atoms with Gasteiger partial charge in [-0.15, -0.1) is 0 Å². The minimum absolute atomic E-state index is 0.121. The van der Waals surface area contributed by atoms with Crippen LogP contribution >= 0.6 is 0 Å². The van der Waals surface area contributed by atoms with E-state index in [2.05, 4.69) is 26.3 Å². The van der Waals surface area contributed by atoms with Crippen LogP contribution in [0, 0.1) is 5.41 Å². The Bertz CT molecular complexity index is 538. The number of ether oxygens (including phenoxy) is 1. The third-order valence-corrected chi connectivity index (χ3v) is 3.82. The summed E-state index contributed by atoms with van der Waals surface area (Å²) in [5, 5.41) is 39.6. The number of nitrogens with one attached hydrogen (secondary N) is 2. The Morgan fingerprint density at radius 1 is 1.50 bits per heavy atom. The van der Waals surface area contributed by atoms with E-state index < -0.39 is 24.5 Å². The molecule has 2 rings (SSSR count). The van der Waals surface area contributed by atoms with Crippen LogP contribution in [0.1, 0.15) is 11.8 Å². The Morgan fingerprint density at radius 3 is 2.75 bits per heavy atom. The predicted octanol–water partition coefficient (Wildman–Crippen LogP) is -3.51. The molecule has 1 aliphatic rings. The van der Waals surface area contributed by atoms with Crippen molar-refractivity contribution in [3.63, 3.8) is 0 Å². The number of rotatable bonds is 4. The van der Waals surface area contributed by atoms with Gasteiger partial charge in [-0.05, 0) is 0 Å². The molecule has 0 bridgehead atoms. The molecule has 8 nitrogen and oxygen atoms in total. The first-order valence-electron chi connectivity index (χ1n) is 6.10. The van der Waals surface area contributed by atoms with Gasteiger partial charge in [-0.3, -0.25) is 0 Å². The van der Waals surface area contributed by atoms with Crippen LogP contribution in [0.2, 0.25) is 0 Å². The zero-order chi connectivity index (χ0) is 14.9. The standard InChI is InChI=1S/C11H17N4O4Se/c1-13-2-5-3-15(11(20)14-9(5)12)10-8(18)7(17)6(4-16)19-10/h3,6-8,10,12-13,16-18H,2,4H2,1H3/t6-,7-,8-,10-/m1/s1. The number of aliphatic hydroxyl groups excluding tert-OH is 3. The SMILES string of the molecule is CNCc1cn([C@@H]2O[C@H](CO)[C@@H](O)[C@H]2O)c([Se])nc1=N. The van der Waals surface area contributed by atoms with Crippen molar-refractivity contribution in [2.24, 2.45) is 0 Å². The van der Waals surface area contributed by atoms with E-state index in [0.717, 1.165) is 0 Å². The van der Waals surface area contributed by atoms with E-state index in [9.17, 15) is 10.2 Å². The topological polar surface area (TPSA) is 124 Å². The van der Waals surface area contributed by atoms with Gasteiger partial charge in [0.2, 0.25) is 0 Å². The summed E-state index contributed by atoms with van der Waals surface area (Å²) in [5.74, 6) is 0. The third-order valence-electron chi connectivity index (χ3n) is 3.19. The second kappa shape index (κ2) is 6.31. The van der Waals surface area contributed by atoms with Crippen LogP contribution in [0.4, 0.5) is 0 Å². The fourth-order valence-corrected chi connectivity index (χ4v) is 2.64. The van der Waals surface area contributed by atoms with Crippen LogP contribution in [0.25, 0.3) is 0 Å². The molecule has 20 heavy (non-hydrogen) atoms. The van der Waals surface area contributed by atoms with Crippen molar-refractivity contribution in [3.8, 4) is 0 Å². The molecule has 1 aliphatic heterocycles. The van der Waals surface area contributed by atoms with Crippen molar-refractivity contribution in [3.05, 3.63) is 17.2 Å². The van der Waals surface area contributed by atoms with Crippen LogP contribution in [-0.2, 0) is 11.3 Å². The van der Waals surface area contributed by atoms with Gasteiger partial charge in [0, 0.05) is 0 Å². The Morgan fingerprint density at radius 2 is 2.20 bits per heavy atom. The van der Waals surface area contributed by atoms with Crippen molar-refractivity contribution in [1.82, 2.24) is 14.9 Å². The molecule has 9 heteroatoms. The first-order valence-corrected chi connectivity index (χ1v) is 6.96. The summed E-state index contributed by atoms with van der Waals surface area (Å²) >= 11 is 2.70. The molecule has 111 valence electrons. The van der Waals surface area contributed by atoms with Crippen molar-refractivity contribution in [2.75, 3.05) is 13.7 Å². The molecule has 0 unspecified atom stereocenters. The first-order chi connectivity index (χ1) is 9.49. The van der Waals surface area contributed by atoms with Crippen LogP contribution in [-0.4, -0.2) is 72.8 Å². The molecule has 1 saturated heterocycles. The average molecular weight is 348 g/mol. The average Bonchev–Trinajstić information content (AvgIpc) is 2.70. The summed E-state index contributed by atoms with van der Waals surface area (Å²) in [6.45, 7) is 0.0618. The number of aliphatic hydroxyl groups is 3. The molecule has 0 saturated carbocycles. The van der Waals surface area contributed by atoms with E-state index in [1.807, 2.05) is 0 Å². The van der Waals surface area contributed by atoms with Gasteiger partial charge in [-0.1, -0.05) is 0 Å². The zero-order valence-corrected chi connectivity index (χ0v) is 12.6. The molecule has 4 atom stereocenters. The van der Waals surface area contributed by atoms with E-state index >= 15 is 0 Å². The monoisotopic (exact) mass is 349 g/mol. The van der Waals surface area contributed by atoms with Gasteiger partial charge < -0.3 is 0 Å². The molecular weight excluding hydrogens is 331 g/mol. The number of hydrogen-bond donors (Lipinski definition) is 5. The summed E-state index contributed by atoms with van der Waals surface area (Å²) in [7, 11) is 1.75. The molecule has 2 heterocycles. The zero-order valence-electron chi connectivity index (χ0n) is 10.9. The fourth-order valence-electron chi connectivity index (χ4n) is 2.12. The molecule has 5 N–H and O–H groups in total. The van der Waals surface area contributed by atoms with Gasteiger partial charge in [0.05, 0.1) is 0 Å². The molecule has 0 spiro atoms. The van der Waals surface area contributed by atoms with Crippen molar-refractivity contribution >= 4 is 20.7 Å². The van der Waals surface area contributed by atoms with Gasteiger partial charge >= 0.3 is 123 Å². The Hall–Kier alpha value is -0.801. The molecule has 0 aromatic carbocycles. The molecule has 1 aromatic rings. The summed E-state index contributed by atoms with van der Waals surface area (Å²) in [6.07, 6.45) is -2.41. The van der Waals surface area contributed by atoms with Gasteiger partial charge in [0.1, 0.15) is 0 Å². The number of aromatic nitrogens is 2. The second-order valence-corrected chi connectivity index (χ2v) is 5.33. The number of nitrogens with zero attached hydrogens (tertiary/aromatic N) is 2. The molecule has 1 fully saturated rings. The molecular formula is C11H17N4O4Se. The summed E-state index contributed by atoms with van der Waals surface area (Å²) in [4.78, 5) is 4.05. The van der Waals surface area contributed by atoms with Gasteiger partial charge in [0.15, 0.2) is 0 Å². The molecule has 1 aromatic heterocycles. The van der Waals surface area contributed by atoms with Crippen LogP contribution in [0.5, 0.6) is 0 Å². The van der Waals surface area contributed by atoms with E-state index in [-0.39, 0.29) is 12.1 Å². The van der Waals surface area contributed by atoms with Crippen LogP contribution < -0.4 is 15.5 Å². The van der Waals surface area contributed by atoms with E-state index in [0.29, 0.717) is 16.8 Å². The van der Waals surface area contributed by atoms with Gasteiger partial charge in [-0.25, -0.2) is 0 Å². The minimum atomic E-state index is -1.18. The van der Waals surface area contributed by atoms with Crippen molar-refractivity contribution in [2.45, 2.75) is 31.1 Å². The van der Waals surface area contributed by atoms with Crippen molar-refractivity contribution < 1.29 is 20.1 Å². The van der Waals surface area contributed by atoms with E-state index in [4.69, 9.17) is 15.3 Å². The van der Waals surface area contributed by atoms with Crippen molar-refractivity contribution in [1.29, 1.82) is 5.41 Å². The molecule has 1 radical (unpaired) electrons. The van der Waals surface area contributed by atoms with Crippen LogP contribution in [0.15, 0.2) is 6.20 Å². The molecule has 0 aliphatic carbocycles. The van der Waals surface area contributed by atoms with Gasteiger partial charge in [-0.2, -0.15) is 0 Å². The predicted molar refractivity (Wildman–Crippen MR) is 69.2 cm³/mol. The maximum atomic E-state index is 10.0. The second-order valence-electron chi connectivity index (χ2n) is 4.56. The number of hydrogen-bond acceptors (Lipinski definition) is 7. The Balaban J connectivity index is 2.37. The summed E-state index contributed by atoms with van der Waals surface area (Å²) < 4.78 is 7.33. The summed E-state index contributed by atoms with van der Waals surface area (Å²) in [5.41, 5.74) is 0.750. The van der Waals surface area contributed by atoms with E-state index in [1.54, 1.807) is 13.2 Å². The first kappa shape index (κ1) is 15.6. The van der Waals surface area contributed by atoms with E-state index in [1.165, 1.54) is 4.57 Å².